The van der Waals surface area contributed by atoms with Gasteiger partial charge in [-0.3, -0.25) is 4.79 Å². The zero-order valence-corrected chi connectivity index (χ0v) is 20.4. The van der Waals surface area contributed by atoms with E-state index in [1.807, 2.05) is 37.3 Å². The summed E-state index contributed by atoms with van der Waals surface area (Å²) in [6, 6.07) is 12.2. The minimum Gasteiger partial charge on any atom is -0.384 e. The van der Waals surface area contributed by atoms with Crippen LogP contribution in [-0.4, -0.2) is 31.1 Å². The van der Waals surface area contributed by atoms with Gasteiger partial charge in [0, 0.05) is 17.3 Å². The summed E-state index contributed by atoms with van der Waals surface area (Å²) >= 11 is 0. The van der Waals surface area contributed by atoms with Crippen molar-refractivity contribution >= 4 is 5.91 Å². The molecule has 194 valence electrons. The summed E-state index contributed by atoms with van der Waals surface area (Å²) in [4.78, 5) is 13.6. The second kappa shape index (κ2) is 11.0. The molecule has 0 radical (unpaired) electrons. The van der Waals surface area contributed by atoms with E-state index >= 15 is 0 Å². The van der Waals surface area contributed by atoms with Gasteiger partial charge in [-0.15, -0.1) is 0 Å². The Morgan fingerprint density at radius 2 is 1.83 bits per heavy atom. The van der Waals surface area contributed by atoms with Gasteiger partial charge in [0.15, 0.2) is 0 Å². The van der Waals surface area contributed by atoms with Crippen molar-refractivity contribution in [3.63, 3.8) is 0 Å². The lowest BCUT2D eigenvalue weighted by molar-refractivity contribution is -0.137. The van der Waals surface area contributed by atoms with E-state index in [2.05, 4.69) is 22.0 Å². The van der Waals surface area contributed by atoms with Gasteiger partial charge in [-0.1, -0.05) is 49.4 Å². The van der Waals surface area contributed by atoms with E-state index in [-0.39, 0.29) is 23.6 Å². The van der Waals surface area contributed by atoms with Crippen LogP contribution in [0.25, 0.3) is 0 Å². The maximum Gasteiger partial charge on any atom is 0.416 e. The number of allylic oxidation sites excluding steroid dienone is 1. The molecule has 36 heavy (non-hydrogen) atoms. The third-order valence-electron chi connectivity index (χ3n) is 7.09. The number of carbonyl (C=O) groups excluding carboxylic acids is 1. The highest BCUT2D eigenvalue weighted by Crippen LogP contribution is 2.50. The highest BCUT2D eigenvalue weighted by atomic mass is 19.4. The number of rotatable bonds is 9. The van der Waals surface area contributed by atoms with E-state index in [9.17, 15) is 22.4 Å². The van der Waals surface area contributed by atoms with Crippen molar-refractivity contribution in [2.75, 3.05) is 13.1 Å². The lowest BCUT2D eigenvalue weighted by Crippen LogP contribution is -2.49. The van der Waals surface area contributed by atoms with Crippen LogP contribution < -0.4 is 16.0 Å². The molecule has 0 unspecified atom stereocenters. The lowest BCUT2D eigenvalue weighted by atomic mass is 9.92. The Balaban J connectivity index is 1.59. The summed E-state index contributed by atoms with van der Waals surface area (Å²) < 4.78 is 54.0. The summed E-state index contributed by atoms with van der Waals surface area (Å²) in [5.74, 6) is -1.34. The van der Waals surface area contributed by atoms with Crippen molar-refractivity contribution < 1.29 is 22.4 Å². The van der Waals surface area contributed by atoms with Gasteiger partial charge in [-0.25, -0.2) is 4.39 Å². The van der Waals surface area contributed by atoms with E-state index < -0.39 is 23.0 Å². The Hall–Kier alpha value is -2.87. The molecule has 0 bridgehead atoms. The Bertz CT molecular complexity index is 1070. The zero-order valence-electron chi connectivity index (χ0n) is 20.4. The highest BCUT2D eigenvalue weighted by molar-refractivity contribution is 5.91. The normalized spacial score (nSPS) is 19.0. The van der Waals surface area contributed by atoms with E-state index in [0.29, 0.717) is 25.3 Å². The first-order valence-corrected chi connectivity index (χ1v) is 12.6. The third kappa shape index (κ3) is 6.09. The Labute approximate surface area is 209 Å². The standard InChI is InChI=1S/C28H33F4N3O/c1-2-6-24(34-21-11-15-33-16-12-21)25(17-19-7-4-3-5-8-19)35-26(36)27(13-14-27)22-10-9-20(18-23(22)29)28(30,31)32/h3-10,18,21,25,33-34H,2,11-17H2,1H3,(H,35,36)/t25-/m0/s1. The summed E-state index contributed by atoms with van der Waals surface area (Å²) in [5, 5.41) is 10.1. The number of benzene rings is 2. The minimum absolute atomic E-state index is 0.0267. The van der Waals surface area contributed by atoms with Crippen LogP contribution in [0.3, 0.4) is 0 Å². The molecule has 8 heteroatoms. The van der Waals surface area contributed by atoms with Crippen molar-refractivity contribution in [3.05, 3.63) is 82.8 Å². The number of hydrogen-bond acceptors (Lipinski definition) is 3. The molecule has 0 spiro atoms. The smallest absolute Gasteiger partial charge is 0.384 e. The predicted octanol–water partition coefficient (Wildman–Crippen LogP) is 5.24. The summed E-state index contributed by atoms with van der Waals surface area (Å²) in [5.41, 5.74) is -0.206. The molecule has 1 aliphatic heterocycles. The summed E-state index contributed by atoms with van der Waals surface area (Å²) in [6.45, 7) is 3.87. The molecule has 2 aliphatic rings. The molecule has 4 rings (SSSR count). The number of piperidine rings is 1. The van der Waals surface area contributed by atoms with E-state index in [4.69, 9.17) is 0 Å². The fourth-order valence-corrected chi connectivity index (χ4v) is 4.93. The Morgan fingerprint density at radius 3 is 2.42 bits per heavy atom. The molecule has 1 aliphatic carbocycles. The molecule has 2 aromatic carbocycles. The quantitative estimate of drug-likeness (QED) is 0.411. The van der Waals surface area contributed by atoms with Gasteiger partial charge in [-0.05, 0) is 69.3 Å². The van der Waals surface area contributed by atoms with Crippen LogP contribution in [-0.2, 0) is 22.8 Å². The molecule has 3 N–H and O–H groups in total. The Kier molecular flexibility index (Phi) is 8.03. The van der Waals surface area contributed by atoms with Gasteiger partial charge in [0.25, 0.3) is 0 Å². The minimum atomic E-state index is -4.64. The van der Waals surface area contributed by atoms with Crippen LogP contribution in [0.1, 0.15) is 55.7 Å². The van der Waals surface area contributed by atoms with E-state index in [1.165, 1.54) is 0 Å². The topological polar surface area (TPSA) is 53.2 Å². The van der Waals surface area contributed by atoms with Crippen molar-refractivity contribution in [2.24, 2.45) is 0 Å². The largest absolute Gasteiger partial charge is 0.416 e. The molecule has 1 heterocycles. The fourth-order valence-electron chi connectivity index (χ4n) is 4.93. The molecule has 1 saturated heterocycles. The van der Waals surface area contributed by atoms with Gasteiger partial charge in [0.05, 0.1) is 17.0 Å². The van der Waals surface area contributed by atoms with Crippen molar-refractivity contribution in [1.29, 1.82) is 0 Å². The number of nitrogens with one attached hydrogen (secondary N) is 3. The van der Waals surface area contributed by atoms with Crippen molar-refractivity contribution in [1.82, 2.24) is 16.0 Å². The maximum atomic E-state index is 14.8. The van der Waals surface area contributed by atoms with Gasteiger partial charge in [0.2, 0.25) is 5.91 Å². The maximum absolute atomic E-state index is 14.8. The number of halogens is 4. The van der Waals surface area contributed by atoms with Crippen LogP contribution in [0, 0.1) is 5.82 Å². The summed E-state index contributed by atoms with van der Waals surface area (Å²) in [7, 11) is 0. The molecular formula is C28H33F4N3O. The van der Waals surface area contributed by atoms with Crippen molar-refractivity contribution in [3.8, 4) is 0 Å². The molecule has 1 saturated carbocycles. The van der Waals surface area contributed by atoms with Gasteiger partial charge in [-0.2, -0.15) is 13.2 Å². The molecule has 0 aromatic heterocycles. The van der Waals surface area contributed by atoms with Crippen LogP contribution in [0.4, 0.5) is 17.6 Å². The number of hydrogen-bond donors (Lipinski definition) is 3. The van der Waals surface area contributed by atoms with Crippen LogP contribution in [0.15, 0.2) is 60.3 Å². The summed E-state index contributed by atoms with van der Waals surface area (Å²) in [6.07, 6.45) is 1.48. The van der Waals surface area contributed by atoms with E-state index in [1.54, 1.807) is 0 Å². The molecule has 1 amide bonds. The van der Waals surface area contributed by atoms with Crippen LogP contribution in [0.2, 0.25) is 0 Å². The third-order valence-corrected chi connectivity index (χ3v) is 7.09. The van der Waals surface area contributed by atoms with Gasteiger partial charge in [0.1, 0.15) is 5.82 Å². The number of alkyl halides is 3. The fraction of sp³-hybridized carbons (Fsp3) is 0.464. The predicted molar refractivity (Wildman–Crippen MR) is 132 cm³/mol. The first-order valence-electron chi connectivity index (χ1n) is 12.6. The molecular weight excluding hydrogens is 470 g/mol. The highest BCUT2D eigenvalue weighted by Gasteiger charge is 2.53. The van der Waals surface area contributed by atoms with Crippen LogP contribution >= 0.6 is 0 Å². The number of carbonyl (C=O) groups is 1. The molecule has 4 nitrogen and oxygen atoms in total. The van der Waals surface area contributed by atoms with Crippen molar-refractivity contribution in [2.45, 2.75) is 69.1 Å². The Morgan fingerprint density at radius 1 is 1.14 bits per heavy atom. The van der Waals surface area contributed by atoms with Gasteiger partial charge >= 0.3 is 6.18 Å². The van der Waals surface area contributed by atoms with Gasteiger partial charge < -0.3 is 16.0 Å². The first kappa shape index (κ1) is 26.2. The molecule has 1 atom stereocenters. The second-order valence-electron chi connectivity index (χ2n) is 9.73. The second-order valence-corrected chi connectivity index (χ2v) is 9.73. The number of amides is 1. The average molecular weight is 504 g/mol. The molecule has 2 aromatic rings. The monoisotopic (exact) mass is 503 g/mol. The lowest BCUT2D eigenvalue weighted by Gasteiger charge is -2.31. The zero-order chi connectivity index (χ0) is 25.8. The molecule has 2 fully saturated rings. The average Bonchev–Trinajstić information content (AvgIpc) is 3.66. The van der Waals surface area contributed by atoms with Crippen LogP contribution in [0.5, 0.6) is 0 Å². The first-order chi connectivity index (χ1) is 17.2. The van der Waals surface area contributed by atoms with E-state index in [0.717, 1.165) is 55.7 Å². The SMILES string of the molecule is CCC=C(NC1CCNCC1)[C@H](Cc1ccccc1)NC(=O)C1(c2ccc(C(F)(F)F)cc2F)CC1.